The van der Waals surface area contributed by atoms with Gasteiger partial charge in [-0.25, -0.2) is 4.79 Å². The van der Waals surface area contributed by atoms with Crippen LogP contribution in [0.15, 0.2) is 18.2 Å². The van der Waals surface area contributed by atoms with Crippen LogP contribution in [0.2, 0.25) is 0 Å². The van der Waals surface area contributed by atoms with Crippen molar-refractivity contribution in [1.29, 1.82) is 0 Å². The highest BCUT2D eigenvalue weighted by Crippen LogP contribution is 2.24. The summed E-state index contributed by atoms with van der Waals surface area (Å²) in [5.74, 6) is 0. The summed E-state index contributed by atoms with van der Waals surface area (Å²) in [5.41, 5.74) is 7.43. The molecule has 0 aromatic heterocycles. The van der Waals surface area contributed by atoms with Crippen LogP contribution in [0.4, 0.5) is 21.9 Å². The number of rotatable bonds is 3. The molecule has 0 unspecified atom stereocenters. The highest BCUT2D eigenvalue weighted by Gasteiger charge is 2.16. The van der Waals surface area contributed by atoms with E-state index in [-0.39, 0.29) is 6.04 Å². The molecule has 1 aromatic carbocycles. The van der Waals surface area contributed by atoms with Gasteiger partial charge in [0.1, 0.15) is 5.60 Å². The third-order valence-electron chi connectivity index (χ3n) is 2.14. The summed E-state index contributed by atoms with van der Waals surface area (Å²) in [5, 5.41) is 5.90. The Hall–Kier alpha value is -1.91. The number of amides is 1. The molecule has 0 atom stereocenters. The van der Waals surface area contributed by atoms with Crippen LogP contribution in [0, 0.1) is 0 Å². The second kappa shape index (κ2) is 5.82. The SMILES string of the molecule is CC(C)Nc1cc(NC(=O)OC(C)(C)C)ccc1N. The first-order valence-electron chi connectivity index (χ1n) is 6.33. The van der Waals surface area contributed by atoms with Crippen LogP contribution in [0.1, 0.15) is 34.6 Å². The normalized spacial score (nSPS) is 11.3. The molecule has 0 spiro atoms. The molecule has 0 aliphatic heterocycles. The molecule has 1 aromatic rings. The highest BCUT2D eigenvalue weighted by molar-refractivity contribution is 5.87. The molecule has 0 saturated heterocycles. The molecule has 5 heteroatoms. The number of nitrogens with one attached hydrogen (secondary N) is 2. The molecule has 0 fully saturated rings. The molecule has 0 aliphatic carbocycles. The molecule has 0 aliphatic rings. The monoisotopic (exact) mass is 265 g/mol. The second-order valence-corrected chi connectivity index (χ2v) is 5.73. The highest BCUT2D eigenvalue weighted by atomic mass is 16.6. The van der Waals surface area contributed by atoms with E-state index in [1.807, 2.05) is 34.6 Å². The minimum absolute atomic E-state index is 0.263. The van der Waals surface area contributed by atoms with E-state index in [0.29, 0.717) is 11.4 Å². The van der Waals surface area contributed by atoms with Crippen molar-refractivity contribution in [2.75, 3.05) is 16.4 Å². The summed E-state index contributed by atoms with van der Waals surface area (Å²) < 4.78 is 5.19. The summed E-state index contributed by atoms with van der Waals surface area (Å²) in [6, 6.07) is 5.54. The first-order valence-corrected chi connectivity index (χ1v) is 6.33. The molecular formula is C14H23N3O2. The number of nitrogens with two attached hydrogens (primary N) is 1. The number of hydrogen-bond donors (Lipinski definition) is 3. The van der Waals surface area contributed by atoms with Crippen molar-refractivity contribution in [3.8, 4) is 0 Å². The number of ether oxygens (including phenoxy) is 1. The zero-order chi connectivity index (χ0) is 14.6. The largest absolute Gasteiger partial charge is 0.444 e. The molecule has 1 amide bonds. The predicted octanol–water partition coefficient (Wildman–Crippen LogP) is 3.44. The topological polar surface area (TPSA) is 76.4 Å². The fraction of sp³-hybridized carbons (Fsp3) is 0.500. The summed E-state index contributed by atoms with van der Waals surface area (Å²) in [6.07, 6.45) is -0.479. The maximum atomic E-state index is 11.7. The smallest absolute Gasteiger partial charge is 0.412 e. The van der Waals surface area contributed by atoms with E-state index >= 15 is 0 Å². The van der Waals surface area contributed by atoms with Crippen molar-refractivity contribution >= 4 is 23.2 Å². The van der Waals surface area contributed by atoms with E-state index in [4.69, 9.17) is 10.5 Å². The van der Waals surface area contributed by atoms with Gasteiger partial charge >= 0.3 is 6.09 Å². The molecule has 106 valence electrons. The number of carbonyl (C=O) groups is 1. The molecule has 19 heavy (non-hydrogen) atoms. The zero-order valence-electron chi connectivity index (χ0n) is 12.2. The lowest BCUT2D eigenvalue weighted by Gasteiger charge is -2.20. The molecule has 1 rings (SSSR count). The Morgan fingerprint density at radius 3 is 2.47 bits per heavy atom. The standard InChI is InChI=1S/C14H23N3O2/c1-9(2)16-12-8-10(6-7-11(12)15)17-13(18)19-14(3,4)5/h6-9,16H,15H2,1-5H3,(H,17,18). The van der Waals surface area contributed by atoms with E-state index in [2.05, 4.69) is 10.6 Å². The average Bonchev–Trinajstić information content (AvgIpc) is 2.19. The van der Waals surface area contributed by atoms with Crippen LogP contribution in [0.25, 0.3) is 0 Å². The van der Waals surface area contributed by atoms with E-state index in [0.717, 1.165) is 5.69 Å². The maximum Gasteiger partial charge on any atom is 0.412 e. The van der Waals surface area contributed by atoms with Gasteiger partial charge in [-0.3, -0.25) is 5.32 Å². The van der Waals surface area contributed by atoms with Gasteiger partial charge in [0.15, 0.2) is 0 Å². The minimum atomic E-state index is -0.517. The van der Waals surface area contributed by atoms with Crippen molar-refractivity contribution in [3.63, 3.8) is 0 Å². The first-order chi connectivity index (χ1) is 8.67. The molecular weight excluding hydrogens is 242 g/mol. The van der Waals surface area contributed by atoms with Gasteiger partial charge in [0.2, 0.25) is 0 Å². The summed E-state index contributed by atoms with van der Waals surface area (Å²) in [4.78, 5) is 11.7. The Morgan fingerprint density at radius 1 is 1.32 bits per heavy atom. The quantitative estimate of drug-likeness (QED) is 0.732. The molecule has 4 N–H and O–H groups in total. The number of carbonyl (C=O) groups excluding carboxylic acids is 1. The van der Waals surface area contributed by atoms with Crippen LogP contribution in [0.3, 0.4) is 0 Å². The van der Waals surface area contributed by atoms with E-state index in [1.54, 1.807) is 18.2 Å². The maximum absolute atomic E-state index is 11.7. The Morgan fingerprint density at radius 2 is 1.95 bits per heavy atom. The first kappa shape index (κ1) is 15.1. The van der Waals surface area contributed by atoms with E-state index < -0.39 is 11.7 Å². The fourth-order valence-electron chi connectivity index (χ4n) is 1.49. The van der Waals surface area contributed by atoms with Gasteiger partial charge in [0, 0.05) is 11.7 Å². The lowest BCUT2D eigenvalue weighted by atomic mass is 10.2. The fourth-order valence-corrected chi connectivity index (χ4v) is 1.49. The third kappa shape index (κ3) is 5.50. The Labute approximate surface area is 114 Å². The van der Waals surface area contributed by atoms with E-state index in [9.17, 15) is 4.79 Å². The Kier molecular flexibility index (Phi) is 4.64. The van der Waals surface area contributed by atoms with E-state index in [1.165, 1.54) is 0 Å². The number of nitrogen functional groups attached to an aromatic ring is 1. The van der Waals surface area contributed by atoms with Crippen LogP contribution < -0.4 is 16.4 Å². The van der Waals surface area contributed by atoms with Crippen LogP contribution >= 0.6 is 0 Å². The van der Waals surface area contributed by atoms with Crippen molar-refractivity contribution in [1.82, 2.24) is 0 Å². The summed E-state index contributed by atoms with van der Waals surface area (Å²) in [6.45, 7) is 9.50. The Balaban J connectivity index is 2.77. The van der Waals surface area contributed by atoms with Crippen molar-refractivity contribution in [2.24, 2.45) is 0 Å². The number of anilines is 3. The molecule has 5 nitrogen and oxygen atoms in total. The minimum Gasteiger partial charge on any atom is -0.444 e. The summed E-state index contributed by atoms with van der Waals surface area (Å²) >= 11 is 0. The van der Waals surface area contributed by atoms with Crippen molar-refractivity contribution < 1.29 is 9.53 Å². The van der Waals surface area contributed by atoms with Gasteiger partial charge in [-0.2, -0.15) is 0 Å². The van der Waals surface area contributed by atoms with Gasteiger partial charge in [-0.15, -0.1) is 0 Å². The van der Waals surface area contributed by atoms with Crippen LogP contribution in [-0.2, 0) is 4.74 Å². The van der Waals surface area contributed by atoms with Crippen molar-refractivity contribution in [3.05, 3.63) is 18.2 Å². The van der Waals surface area contributed by atoms with Crippen molar-refractivity contribution in [2.45, 2.75) is 46.3 Å². The van der Waals surface area contributed by atoms with Crippen LogP contribution in [0.5, 0.6) is 0 Å². The lowest BCUT2D eigenvalue weighted by Crippen LogP contribution is -2.27. The second-order valence-electron chi connectivity index (χ2n) is 5.73. The van der Waals surface area contributed by atoms with Crippen LogP contribution in [-0.4, -0.2) is 17.7 Å². The summed E-state index contributed by atoms with van der Waals surface area (Å²) in [7, 11) is 0. The molecule has 0 saturated carbocycles. The molecule has 0 heterocycles. The number of hydrogen-bond acceptors (Lipinski definition) is 4. The van der Waals surface area contributed by atoms with Gasteiger partial charge in [-0.05, 0) is 52.8 Å². The molecule has 0 bridgehead atoms. The van der Waals surface area contributed by atoms with Gasteiger partial charge in [0.25, 0.3) is 0 Å². The predicted molar refractivity (Wildman–Crippen MR) is 79.5 cm³/mol. The Bertz CT molecular complexity index is 450. The molecule has 0 radical (unpaired) electrons. The third-order valence-corrected chi connectivity index (χ3v) is 2.14. The van der Waals surface area contributed by atoms with Gasteiger partial charge < -0.3 is 15.8 Å². The van der Waals surface area contributed by atoms with Gasteiger partial charge in [0.05, 0.1) is 11.4 Å². The average molecular weight is 265 g/mol. The van der Waals surface area contributed by atoms with Gasteiger partial charge in [-0.1, -0.05) is 0 Å². The zero-order valence-corrected chi connectivity index (χ0v) is 12.2. The number of benzene rings is 1. The lowest BCUT2D eigenvalue weighted by molar-refractivity contribution is 0.0636.